The third kappa shape index (κ3) is 4.33. The molecule has 106 valence electrons. The first kappa shape index (κ1) is 15.7. The number of nitrogens with one attached hydrogen (secondary N) is 1. The van der Waals surface area contributed by atoms with Crippen molar-refractivity contribution in [3.8, 4) is 0 Å². The fourth-order valence-corrected chi connectivity index (χ4v) is 2.96. The van der Waals surface area contributed by atoms with Crippen molar-refractivity contribution in [2.45, 2.75) is 24.8 Å². The molecule has 0 aliphatic rings. The van der Waals surface area contributed by atoms with Gasteiger partial charge in [0.05, 0.1) is 22.8 Å². The fourth-order valence-electron chi connectivity index (χ4n) is 1.57. The number of carbonyl (C=O) groups is 1. The number of methoxy groups -OCH3 is 1. The van der Waals surface area contributed by atoms with Crippen LogP contribution in [0, 0.1) is 0 Å². The molecule has 0 bridgehead atoms. The third-order valence-electron chi connectivity index (χ3n) is 2.44. The molecular weight excluding hydrogens is 266 g/mol. The van der Waals surface area contributed by atoms with Crippen molar-refractivity contribution in [1.82, 2.24) is 5.32 Å². The number of sulfone groups is 1. The normalized spacial score (nSPS) is 11.6. The van der Waals surface area contributed by atoms with E-state index in [1.807, 2.05) is 13.8 Å². The van der Waals surface area contributed by atoms with Crippen LogP contribution < -0.4 is 5.32 Å². The molecule has 0 unspecified atom stereocenters. The summed E-state index contributed by atoms with van der Waals surface area (Å²) in [6.45, 7) is 3.74. The average Bonchev–Trinajstić information content (AvgIpc) is 2.35. The monoisotopic (exact) mass is 285 g/mol. The summed E-state index contributed by atoms with van der Waals surface area (Å²) >= 11 is 0. The number of hydrogen-bond donors (Lipinski definition) is 1. The van der Waals surface area contributed by atoms with E-state index >= 15 is 0 Å². The van der Waals surface area contributed by atoms with Gasteiger partial charge in [0.2, 0.25) is 0 Å². The molecule has 0 spiro atoms. The molecule has 0 fully saturated rings. The van der Waals surface area contributed by atoms with Crippen molar-refractivity contribution < 1.29 is 17.9 Å². The summed E-state index contributed by atoms with van der Waals surface area (Å²) in [5, 5.41) is 2.69. The van der Waals surface area contributed by atoms with E-state index < -0.39 is 9.84 Å². The minimum Gasteiger partial charge on any atom is -0.384 e. The zero-order valence-electron chi connectivity index (χ0n) is 11.3. The molecule has 1 aromatic rings. The number of rotatable bonds is 6. The minimum absolute atomic E-state index is 0.0465. The molecule has 5 nitrogen and oxygen atoms in total. The standard InChI is InChI=1S/C13H19NO4S/c1-10(2)14-13(15)11-6-4-5-7-12(11)19(16,17)9-8-18-3/h4-7,10H,8-9H2,1-3H3,(H,14,15). The van der Waals surface area contributed by atoms with Crippen molar-refractivity contribution in [3.63, 3.8) is 0 Å². The van der Waals surface area contributed by atoms with E-state index in [0.29, 0.717) is 0 Å². The molecule has 1 aromatic carbocycles. The van der Waals surface area contributed by atoms with Gasteiger partial charge in [-0.25, -0.2) is 8.42 Å². The van der Waals surface area contributed by atoms with Crippen LogP contribution in [0.25, 0.3) is 0 Å². The van der Waals surface area contributed by atoms with Gasteiger partial charge < -0.3 is 10.1 Å². The first-order chi connectivity index (χ1) is 8.88. The zero-order chi connectivity index (χ0) is 14.5. The first-order valence-corrected chi connectivity index (χ1v) is 7.65. The lowest BCUT2D eigenvalue weighted by molar-refractivity contribution is 0.0939. The molecule has 1 amide bonds. The molecule has 0 atom stereocenters. The molecule has 1 N–H and O–H groups in total. The molecular formula is C13H19NO4S. The van der Waals surface area contributed by atoms with Gasteiger partial charge in [0, 0.05) is 13.2 Å². The van der Waals surface area contributed by atoms with E-state index in [1.54, 1.807) is 12.1 Å². The van der Waals surface area contributed by atoms with E-state index in [2.05, 4.69) is 5.32 Å². The number of hydrogen-bond acceptors (Lipinski definition) is 4. The van der Waals surface area contributed by atoms with Crippen molar-refractivity contribution in [2.24, 2.45) is 0 Å². The number of ether oxygens (including phenoxy) is 1. The number of benzene rings is 1. The fraction of sp³-hybridized carbons (Fsp3) is 0.462. The maximum Gasteiger partial charge on any atom is 0.252 e. The molecule has 6 heteroatoms. The minimum atomic E-state index is -3.52. The Kier molecular flexibility index (Phi) is 5.50. The highest BCUT2D eigenvalue weighted by molar-refractivity contribution is 7.91. The topological polar surface area (TPSA) is 72.5 Å². The van der Waals surface area contributed by atoms with Crippen molar-refractivity contribution in [1.29, 1.82) is 0 Å². The van der Waals surface area contributed by atoms with Crippen molar-refractivity contribution in [2.75, 3.05) is 19.5 Å². The quantitative estimate of drug-likeness (QED) is 0.853. The summed E-state index contributed by atoms with van der Waals surface area (Å²) in [5.74, 6) is -0.526. The lowest BCUT2D eigenvalue weighted by Crippen LogP contribution is -2.31. The second kappa shape index (κ2) is 6.68. The van der Waals surface area contributed by atoms with Crippen LogP contribution in [0.4, 0.5) is 0 Å². The first-order valence-electron chi connectivity index (χ1n) is 6.00. The predicted octanol–water partition coefficient (Wildman–Crippen LogP) is 1.24. The maximum atomic E-state index is 12.1. The van der Waals surface area contributed by atoms with Crippen LogP contribution in [0.1, 0.15) is 24.2 Å². The Morgan fingerprint density at radius 3 is 2.53 bits per heavy atom. The van der Waals surface area contributed by atoms with Crippen LogP contribution in [-0.2, 0) is 14.6 Å². The smallest absolute Gasteiger partial charge is 0.252 e. The predicted molar refractivity (Wildman–Crippen MR) is 73.0 cm³/mol. The highest BCUT2D eigenvalue weighted by Gasteiger charge is 2.22. The Hall–Kier alpha value is -1.40. The molecule has 1 rings (SSSR count). The Balaban J connectivity index is 3.12. The van der Waals surface area contributed by atoms with Crippen LogP contribution in [0.3, 0.4) is 0 Å². The van der Waals surface area contributed by atoms with Crippen LogP contribution in [0.15, 0.2) is 29.2 Å². The molecule has 0 saturated carbocycles. The molecule has 19 heavy (non-hydrogen) atoms. The van der Waals surface area contributed by atoms with Gasteiger partial charge in [0.1, 0.15) is 0 Å². The molecule has 0 heterocycles. The van der Waals surface area contributed by atoms with Gasteiger partial charge in [-0.3, -0.25) is 4.79 Å². The number of amides is 1. The van der Waals surface area contributed by atoms with Gasteiger partial charge in [-0.15, -0.1) is 0 Å². The Morgan fingerprint density at radius 2 is 1.95 bits per heavy atom. The lowest BCUT2D eigenvalue weighted by atomic mass is 10.2. The zero-order valence-corrected chi connectivity index (χ0v) is 12.2. The molecule has 0 aliphatic carbocycles. The second-order valence-corrected chi connectivity index (χ2v) is 6.51. The van der Waals surface area contributed by atoms with Crippen molar-refractivity contribution in [3.05, 3.63) is 29.8 Å². The maximum absolute atomic E-state index is 12.1. The van der Waals surface area contributed by atoms with Gasteiger partial charge in [0.25, 0.3) is 5.91 Å². The molecule has 0 radical (unpaired) electrons. The van der Waals surface area contributed by atoms with Crippen LogP contribution in [0.2, 0.25) is 0 Å². The van der Waals surface area contributed by atoms with E-state index in [9.17, 15) is 13.2 Å². The van der Waals surface area contributed by atoms with Crippen LogP contribution in [-0.4, -0.2) is 39.8 Å². The summed E-state index contributed by atoms with van der Waals surface area (Å²) in [7, 11) is -2.08. The van der Waals surface area contributed by atoms with Crippen molar-refractivity contribution >= 4 is 15.7 Å². The summed E-state index contributed by atoms with van der Waals surface area (Å²) in [6, 6.07) is 6.15. The molecule has 0 aromatic heterocycles. The average molecular weight is 285 g/mol. The van der Waals surface area contributed by atoms with Gasteiger partial charge in [0.15, 0.2) is 9.84 Å². The second-order valence-electron chi connectivity index (χ2n) is 4.44. The van der Waals surface area contributed by atoms with E-state index in [4.69, 9.17) is 4.74 Å². The summed E-state index contributed by atoms with van der Waals surface area (Å²) in [5.41, 5.74) is 0.173. The van der Waals surface area contributed by atoms with Gasteiger partial charge in [-0.05, 0) is 26.0 Å². The number of carbonyl (C=O) groups excluding carboxylic acids is 1. The molecule has 0 saturated heterocycles. The Morgan fingerprint density at radius 1 is 1.32 bits per heavy atom. The van der Waals surface area contributed by atoms with E-state index in [1.165, 1.54) is 19.2 Å². The van der Waals surface area contributed by atoms with Gasteiger partial charge in [-0.2, -0.15) is 0 Å². The highest BCUT2D eigenvalue weighted by Crippen LogP contribution is 2.17. The largest absolute Gasteiger partial charge is 0.384 e. The lowest BCUT2D eigenvalue weighted by Gasteiger charge is -2.12. The van der Waals surface area contributed by atoms with Gasteiger partial charge >= 0.3 is 0 Å². The third-order valence-corrected chi connectivity index (χ3v) is 4.17. The summed E-state index contributed by atoms with van der Waals surface area (Å²) in [6.07, 6.45) is 0. The Bertz CT molecular complexity index is 537. The van der Waals surface area contributed by atoms with E-state index in [0.717, 1.165) is 0 Å². The van der Waals surface area contributed by atoms with Crippen LogP contribution in [0.5, 0.6) is 0 Å². The summed E-state index contributed by atoms with van der Waals surface area (Å²) < 4.78 is 29.1. The summed E-state index contributed by atoms with van der Waals surface area (Å²) in [4.78, 5) is 12.0. The van der Waals surface area contributed by atoms with Gasteiger partial charge in [-0.1, -0.05) is 12.1 Å². The SMILES string of the molecule is COCCS(=O)(=O)c1ccccc1C(=O)NC(C)C. The highest BCUT2D eigenvalue weighted by atomic mass is 32.2. The molecule has 0 aliphatic heterocycles. The van der Waals surface area contributed by atoms with E-state index in [-0.39, 0.29) is 34.8 Å². The Labute approximate surface area is 113 Å². The van der Waals surface area contributed by atoms with Crippen LogP contribution >= 0.6 is 0 Å².